The second kappa shape index (κ2) is 9.23. The van der Waals surface area contributed by atoms with Crippen LogP contribution < -0.4 is 10.9 Å². The standard InChI is InChI=1S/C25H29N5O3/c1-18-7-2-3-14-28(18)15-6-13-27-24(31)22-11-10-19(33-22)17-30-23-20(8-4-12-26-23)29-16-5-9-21(29)25(30)32/h4-5,8-12,16,18H,2-3,6-7,13-15,17H2,1H3,(H,27,31)/t18-/m0/s1. The number of likely N-dealkylation sites (tertiary alicyclic amines) is 1. The molecule has 33 heavy (non-hydrogen) atoms. The van der Waals surface area contributed by atoms with E-state index in [1.807, 2.05) is 28.8 Å². The molecule has 4 aromatic rings. The van der Waals surface area contributed by atoms with Crippen LogP contribution in [0.2, 0.25) is 0 Å². The van der Waals surface area contributed by atoms with E-state index in [-0.39, 0.29) is 23.8 Å². The number of rotatable bonds is 7. The number of aromatic nitrogens is 3. The van der Waals surface area contributed by atoms with Crippen LogP contribution in [0.3, 0.4) is 0 Å². The molecule has 1 aliphatic heterocycles. The molecule has 0 radical (unpaired) electrons. The molecule has 1 amide bonds. The second-order valence-corrected chi connectivity index (χ2v) is 8.76. The average Bonchev–Trinajstić information content (AvgIpc) is 3.51. The summed E-state index contributed by atoms with van der Waals surface area (Å²) >= 11 is 0. The Hall–Kier alpha value is -3.39. The van der Waals surface area contributed by atoms with Crippen molar-refractivity contribution in [2.45, 2.75) is 45.2 Å². The van der Waals surface area contributed by atoms with E-state index in [9.17, 15) is 9.59 Å². The van der Waals surface area contributed by atoms with Crippen LogP contribution in [-0.4, -0.2) is 50.4 Å². The van der Waals surface area contributed by atoms with Crippen LogP contribution in [0.25, 0.3) is 16.7 Å². The van der Waals surface area contributed by atoms with Crippen LogP contribution >= 0.6 is 0 Å². The molecule has 1 aliphatic rings. The first-order chi connectivity index (χ1) is 16.1. The number of fused-ring (bicyclic) bond motifs is 3. The molecule has 5 rings (SSSR count). The van der Waals surface area contributed by atoms with Crippen molar-refractivity contribution in [3.8, 4) is 0 Å². The molecule has 8 heteroatoms. The van der Waals surface area contributed by atoms with Crippen molar-refractivity contribution >= 4 is 22.6 Å². The number of amides is 1. The lowest BCUT2D eigenvalue weighted by atomic mass is 10.0. The van der Waals surface area contributed by atoms with E-state index in [1.165, 1.54) is 19.3 Å². The van der Waals surface area contributed by atoms with Gasteiger partial charge in [0.25, 0.3) is 11.5 Å². The highest BCUT2D eigenvalue weighted by atomic mass is 16.4. The Morgan fingerprint density at radius 1 is 1.18 bits per heavy atom. The fourth-order valence-electron chi connectivity index (χ4n) is 4.73. The zero-order valence-electron chi connectivity index (χ0n) is 18.9. The predicted molar refractivity (Wildman–Crippen MR) is 127 cm³/mol. The van der Waals surface area contributed by atoms with Gasteiger partial charge in [0.2, 0.25) is 0 Å². The number of nitrogens with one attached hydrogen (secondary N) is 1. The topological polar surface area (TPSA) is 84.8 Å². The van der Waals surface area contributed by atoms with Crippen LogP contribution in [0, 0.1) is 0 Å². The molecule has 4 aromatic heterocycles. The Morgan fingerprint density at radius 3 is 2.94 bits per heavy atom. The third-order valence-electron chi connectivity index (χ3n) is 6.54. The number of carbonyl (C=O) groups is 1. The molecule has 1 fully saturated rings. The number of piperidine rings is 1. The summed E-state index contributed by atoms with van der Waals surface area (Å²) in [5.74, 6) is 0.558. The van der Waals surface area contributed by atoms with Crippen molar-refractivity contribution in [2.24, 2.45) is 0 Å². The maximum Gasteiger partial charge on any atom is 0.286 e. The maximum absolute atomic E-state index is 13.1. The van der Waals surface area contributed by atoms with Gasteiger partial charge in [0, 0.05) is 31.5 Å². The fourth-order valence-corrected chi connectivity index (χ4v) is 4.73. The van der Waals surface area contributed by atoms with E-state index >= 15 is 0 Å². The Morgan fingerprint density at radius 2 is 2.06 bits per heavy atom. The Labute approximate surface area is 191 Å². The van der Waals surface area contributed by atoms with Gasteiger partial charge in [0.05, 0.1) is 12.1 Å². The summed E-state index contributed by atoms with van der Waals surface area (Å²) in [5.41, 5.74) is 1.83. The van der Waals surface area contributed by atoms with Crippen LogP contribution in [0.15, 0.2) is 58.0 Å². The van der Waals surface area contributed by atoms with Crippen molar-refractivity contribution in [3.63, 3.8) is 0 Å². The Balaban J connectivity index is 1.25. The summed E-state index contributed by atoms with van der Waals surface area (Å²) < 4.78 is 9.22. The van der Waals surface area contributed by atoms with Crippen molar-refractivity contribution < 1.29 is 9.21 Å². The van der Waals surface area contributed by atoms with Gasteiger partial charge < -0.3 is 19.0 Å². The smallest absolute Gasteiger partial charge is 0.286 e. The van der Waals surface area contributed by atoms with E-state index in [2.05, 4.69) is 22.1 Å². The Kier molecular flexibility index (Phi) is 6.00. The summed E-state index contributed by atoms with van der Waals surface area (Å²) in [5, 5.41) is 2.95. The number of hydrogen-bond donors (Lipinski definition) is 1. The van der Waals surface area contributed by atoms with E-state index in [4.69, 9.17) is 4.42 Å². The largest absolute Gasteiger partial charge is 0.454 e. The van der Waals surface area contributed by atoms with Gasteiger partial charge in [-0.15, -0.1) is 0 Å². The number of hydrogen-bond acceptors (Lipinski definition) is 5. The van der Waals surface area contributed by atoms with Crippen LogP contribution in [0.4, 0.5) is 0 Å². The molecule has 1 N–H and O–H groups in total. The Bertz CT molecular complexity index is 1330. The third kappa shape index (κ3) is 4.30. The number of carbonyl (C=O) groups excluding carboxylic acids is 1. The van der Waals surface area contributed by atoms with Crippen molar-refractivity contribution in [2.75, 3.05) is 19.6 Å². The van der Waals surface area contributed by atoms with Gasteiger partial charge in [-0.25, -0.2) is 4.98 Å². The summed E-state index contributed by atoms with van der Waals surface area (Å²) in [7, 11) is 0. The number of furan rings is 1. The van der Waals surface area contributed by atoms with E-state index < -0.39 is 0 Å². The van der Waals surface area contributed by atoms with Gasteiger partial charge in [0.1, 0.15) is 11.3 Å². The minimum absolute atomic E-state index is 0.152. The minimum atomic E-state index is -0.231. The molecule has 1 saturated heterocycles. The number of pyridine rings is 1. The fraction of sp³-hybridized carbons (Fsp3) is 0.400. The van der Waals surface area contributed by atoms with E-state index in [0.29, 0.717) is 29.5 Å². The maximum atomic E-state index is 13.1. The zero-order valence-corrected chi connectivity index (χ0v) is 18.9. The van der Waals surface area contributed by atoms with E-state index in [0.717, 1.165) is 25.0 Å². The molecular weight excluding hydrogens is 418 g/mol. The summed E-state index contributed by atoms with van der Waals surface area (Å²) in [6, 6.07) is 11.4. The summed E-state index contributed by atoms with van der Waals surface area (Å²) in [6.45, 7) is 5.23. The first kappa shape index (κ1) is 21.5. The zero-order chi connectivity index (χ0) is 22.8. The number of nitrogens with zero attached hydrogens (tertiary/aromatic N) is 4. The highest BCUT2D eigenvalue weighted by Gasteiger charge is 2.18. The van der Waals surface area contributed by atoms with Gasteiger partial charge in [-0.1, -0.05) is 6.42 Å². The highest BCUT2D eigenvalue weighted by molar-refractivity contribution is 5.91. The van der Waals surface area contributed by atoms with Crippen LogP contribution in [0.5, 0.6) is 0 Å². The van der Waals surface area contributed by atoms with Gasteiger partial charge in [-0.05, 0) is 69.1 Å². The first-order valence-corrected chi connectivity index (χ1v) is 11.7. The predicted octanol–water partition coefficient (Wildman–Crippen LogP) is 3.28. The molecule has 0 aromatic carbocycles. The summed E-state index contributed by atoms with van der Waals surface area (Å²) in [6.07, 6.45) is 8.26. The quantitative estimate of drug-likeness (QED) is 0.440. The van der Waals surface area contributed by atoms with Gasteiger partial charge >= 0.3 is 0 Å². The molecule has 172 valence electrons. The summed E-state index contributed by atoms with van der Waals surface area (Å²) in [4.78, 5) is 32.5. The van der Waals surface area contributed by atoms with Gasteiger partial charge in [0.15, 0.2) is 11.4 Å². The lowest BCUT2D eigenvalue weighted by Gasteiger charge is -2.33. The van der Waals surface area contributed by atoms with Crippen LogP contribution in [-0.2, 0) is 6.54 Å². The normalized spacial score (nSPS) is 17.1. The van der Waals surface area contributed by atoms with Crippen molar-refractivity contribution in [3.05, 3.63) is 70.7 Å². The monoisotopic (exact) mass is 447 g/mol. The molecule has 0 spiro atoms. The van der Waals surface area contributed by atoms with Crippen LogP contribution in [0.1, 0.15) is 48.9 Å². The van der Waals surface area contributed by atoms with E-state index in [1.54, 1.807) is 29.0 Å². The SMILES string of the molecule is C[C@H]1CCCCN1CCCNC(=O)c1ccc(Cn2c(=O)c3cccn3c3cccnc32)o1. The van der Waals surface area contributed by atoms with Gasteiger partial charge in [-0.3, -0.25) is 14.2 Å². The van der Waals surface area contributed by atoms with Gasteiger partial charge in [-0.2, -0.15) is 0 Å². The molecular formula is C25H29N5O3. The molecule has 0 aliphatic carbocycles. The lowest BCUT2D eigenvalue weighted by molar-refractivity contribution is 0.0919. The van der Waals surface area contributed by atoms with Crippen molar-refractivity contribution in [1.82, 2.24) is 24.2 Å². The second-order valence-electron chi connectivity index (χ2n) is 8.76. The van der Waals surface area contributed by atoms with Crippen molar-refractivity contribution in [1.29, 1.82) is 0 Å². The molecule has 0 saturated carbocycles. The molecule has 0 unspecified atom stereocenters. The third-order valence-corrected chi connectivity index (χ3v) is 6.54. The highest BCUT2D eigenvalue weighted by Crippen LogP contribution is 2.17. The molecule has 0 bridgehead atoms. The minimum Gasteiger partial charge on any atom is -0.454 e. The molecule has 5 heterocycles. The molecule has 1 atom stereocenters. The first-order valence-electron chi connectivity index (χ1n) is 11.7. The molecule has 8 nitrogen and oxygen atoms in total. The average molecular weight is 448 g/mol. The lowest BCUT2D eigenvalue weighted by Crippen LogP contribution is -2.39.